The van der Waals surface area contributed by atoms with Crippen molar-refractivity contribution >= 4 is 32.2 Å². The second kappa shape index (κ2) is 8.39. The third kappa shape index (κ3) is 4.86. The fourth-order valence-corrected chi connectivity index (χ4v) is 4.44. The van der Waals surface area contributed by atoms with Crippen LogP contribution in [0.2, 0.25) is 0 Å². The number of hydrogen-bond donors (Lipinski definition) is 2. The Bertz CT molecular complexity index is 1100. The third-order valence-electron chi connectivity index (χ3n) is 5.30. The maximum Gasteiger partial charge on any atom is 0.232 e. The quantitative estimate of drug-likeness (QED) is 0.621. The van der Waals surface area contributed by atoms with Crippen molar-refractivity contribution in [2.24, 2.45) is 0 Å². The molecule has 1 aliphatic rings. The van der Waals surface area contributed by atoms with Crippen molar-refractivity contribution in [3.05, 3.63) is 66.5 Å². The van der Waals surface area contributed by atoms with Gasteiger partial charge in [0.25, 0.3) is 0 Å². The Morgan fingerprint density at radius 2 is 2.03 bits per heavy atom. The van der Waals surface area contributed by atoms with Gasteiger partial charge in [-0.05, 0) is 43.2 Å². The Morgan fingerprint density at radius 3 is 2.90 bits per heavy atom. The van der Waals surface area contributed by atoms with E-state index < -0.39 is 10.0 Å². The summed E-state index contributed by atoms with van der Waals surface area (Å²) in [6, 6.07) is 16.3. The molecule has 152 valence electrons. The molecular formula is C22H26N4O2S. The lowest BCUT2D eigenvalue weighted by molar-refractivity contribution is 0.329. The van der Waals surface area contributed by atoms with Crippen LogP contribution in [0, 0.1) is 0 Å². The number of nitrogens with one attached hydrogen (secondary N) is 2. The monoisotopic (exact) mass is 410 g/mol. The first-order chi connectivity index (χ1) is 14.0. The molecule has 4 rings (SSSR count). The van der Waals surface area contributed by atoms with E-state index in [1.165, 1.54) is 5.39 Å². The number of anilines is 2. The van der Waals surface area contributed by atoms with E-state index in [1.807, 2.05) is 36.7 Å². The minimum atomic E-state index is -3.26. The molecule has 0 saturated carbocycles. The van der Waals surface area contributed by atoms with Crippen LogP contribution in [0.1, 0.15) is 18.9 Å². The van der Waals surface area contributed by atoms with Gasteiger partial charge in [-0.3, -0.25) is 14.6 Å². The molecule has 1 fully saturated rings. The second-order valence-electron chi connectivity index (χ2n) is 7.47. The van der Waals surface area contributed by atoms with Gasteiger partial charge in [-0.15, -0.1) is 0 Å². The van der Waals surface area contributed by atoms with Crippen LogP contribution in [-0.4, -0.2) is 43.2 Å². The number of rotatable bonds is 7. The van der Waals surface area contributed by atoms with Crippen LogP contribution in [0.5, 0.6) is 0 Å². The summed E-state index contributed by atoms with van der Waals surface area (Å²) in [6.45, 7) is 4.40. The molecule has 2 aromatic carbocycles. The van der Waals surface area contributed by atoms with E-state index in [0.29, 0.717) is 11.7 Å². The maximum atomic E-state index is 11.8. The summed E-state index contributed by atoms with van der Waals surface area (Å²) in [5.74, 6) is 0.0704. The zero-order chi connectivity index (χ0) is 20.3. The molecule has 2 heterocycles. The molecule has 1 aromatic heterocycles. The zero-order valence-corrected chi connectivity index (χ0v) is 17.3. The number of pyridine rings is 1. The largest absolute Gasteiger partial charge is 0.380 e. The molecular weight excluding hydrogens is 384 g/mol. The van der Waals surface area contributed by atoms with Crippen LogP contribution < -0.4 is 10.0 Å². The van der Waals surface area contributed by atoms with Crippen LogP contribution >= 0.6 is 0 Å². The average Bonchev–Trinajstić information content (AvgIpc) is 3.15. The fraction of sp³-hybridized carbons (Fsp3) is 0.318. The van der Waals surface area contributed by atoms with Gasteiger partial charge in [0.05, 0.1) is 5.75 Å². The summed E-state index contributed by atoms with van der Waals surface area (Å²) in [5, 5.41) is 6.02. The lowest BCUT2D eigenvalue weighted by atomic mass is 10.1. The van der Waals surface area contributed by atoms with Crippen molar-refractivity contribution in [2.75, 3.05) is 28.9 Å². The van der Waals surface area contributed by atoms with Crippen LogP contribution in [0.15, 0.2) is 60.9 Å². The first-order valence-electron chi connectivity index (χ1n) is 9.93. The van der Waals surface area contributed by atoms with Gasteiger partial charge in [0.15, 0.2) is 0 Å². The molecule has 0 spiro atoms. The first-order valence-corrected chi connectivity index (χ1v) is 11.6. The van der Waals surface area contributed by atoms with E-state index in [0.717, 1.165) is 42.7 Å². The van der Waals surface area contributed by atoms with E-state index in [4.69, 9.17) is 0 Å². The van der Waals surface area contributed by atoms with Crippen LogP contribution in [0.25, 0.3) is 10.8 Å². The van der Waals surface area contributed by atoms with Gasteiger partial charge < -0.3 is 5.32 Å². The van der Waals surface area contributed by atoms with Gasteiger partial charge >= 0.3 is 0 Å². The molecule has 0 unspecified atom stereocenters. The molecule has 0 radical (unpaired) electrons. The van der Waals surface area contributed by atoms with Crippen LogP contribution in [0.3, 0.4) is 0 Å². The topological polar surface area (TPSA) is 74.3 Å². The summed E-state index contributed by atoms with van der Waals surface area (Å²) < 4.78 is 26.2. The molecule has 0 aliphatic carbocycles. The minimum absolute atomic E-state index is 0.0704. The molecule has 2 N–H and O–H groups in total. The van der Waals surface area contributed by atoms with E-state index in [2.05, 4.69) is 38.1 Å². The molecule has 1 atom stereocenters. The highest BCUT2D eigenvalue weighted by atomic mass is 32.2. The number of sulfonamides is 1. The molecule has 1 aliphatic heterocycles. The van der Waals surface area contributed by atoms with E-state index >= 15 is 0 Å². The third-order valence-corrected chi connectivity index (χ3v) is 6.61. The van der Waals surface area contributed by atoms with E-state index in [-0.39, 0.29) is 5.75 Å². The lowest BCUT2D eigenvalue weighted by Crippen LogP contribution is -2.26. The Hall–Kier alpha value is -2.64. The number of hydrogen-bond acceptors (Lipinski definition) is 5. The van der Waals surface area contributed by atoms with E-state index in [9.17, 15) is 8.42 Å². The average molecular weight is 411 g/mol. The summed E-state index contributed by atoms with van der Waals surface area (Å²) in [6.07, 6.45) is 4.79. The van der Waals surface area contributed by atoms with Gasteiger partial charge in [-0.2, -0.15) is 0 Å². The summed E-state index contributed by atoms with van der Waals surface area (Å²) in [7, 11) is -3.26. The Labute approximate surface area is 172 Å². The van der Waals surface area contributed by atoms with Gasteiger partial charge in [0.2, 0.25) is 10.0 Å². The Kier molecular flexibility index (Phi) is 5.69. The fourth-order valence-electron chi connectivity index (χ4n) is 3.81. The predicted octanol–water partition coefficient (Wildman–Crippen LogP) is 3.68. The number of fused-ring (bicyclic) bond motifs is 1. The Morgan fingerprint density at radius 1 is 1.17 bits per heavy atom. The lowest BCUT2D eigenvalue weighted by Gasteiger charge is -2.19. The van der Waals surface area contributed by atoms with Crippen molar-refractivity contribution in [2.45, 2.75) is 25.9 Å². The van der Waals surface area contributed by atoms with Crippen molar-refractivity contribution in [1.82, 2.24) is 9.88 Å². The van der Waals surface area contributed by atoms with Crippen molar-refractivity contribution in [3.63, 3.8) is 0 Å². The normalized spacial score (nSPS) is 17.5. The number of benzene rings is 2. The molecule has 6 nitrogen and oxygen atoms in total. The van der Waals surface area contributed by atoms with Crippen molar-refractivity contribution < 1.29 is 8.42 Å². The molecule has 29 heavy (non-hydrogen) atoms. The molecule has 7 heteroatoms. The minimum Gasteiger partial charge on any atom is -0.380 e. The second-order valence-corrected chi connectivity index (χ2v) is 9.48. The molecule has 0 amide bonds. The smallest absolute Gasteiger partial charge is 0.232 e. The summed E-state index contributed by atoms with van der Waals surface area (Å²) in [5.41, 5.74) is 2.88. The first kappa shape index (κ1) is 19.7. The van der Waals surface area contributed by atoms with Crippen molar-refractivity contribution in [1.29, 1.82) is 0 Å². The predicted molar refractivity (Wildman–Crippen MR) is 119 cm³/mol. The van der Waals surface area contributed by atoms with Crippen LogP contribution in [-0.2, 0) is 16.6 Å². The highest BCUT2D eigenvalue weighted by molar-refractivity contribution is 7.92. The van der Waals surface area contributed by atoms with Gasteiger partial charge in [0.1, 0.15) is 0 Å². The summed E-state index contributed by atoms with van der Waals surface area (Å²) >= 11 is 0. The van der Waals surface area contributed by atoms with Crippen molar-refractivity contribution in [3.8, 4) is 0 Å². The standard InChI is InChI=1S/C22H26N4O2S/c1-2-29(27,28)25-19-7-3-5-17(13-19)15-26-12-10-20(16-26)24-22-8-4-6-18-14-23-11-9-21(18)22/h3-9,11,13-14,20,24-25H,2,10,12,15-16H2,1H3/t20-/m1/s1. The molecule has 0 bridgehead atoms. The van der Waals surface area contributed by atoms with Gasteiger partial charge in [-0.1, -0.05) is 24.3 Å². The number of aromatic nitrogens is 1. The highest BCUT2D eigenvalue weighted by Crippen LogP contribution is 2.25. The highest BCUT2D eigenvalue weighted by Gasteiger charge is 2.23. The van der Waals surface area contributed by atoms with Gasteiger partial charge in [0, 0.05) is 60.2 Å². The maximum absolute atomic E-state index is 11.8. The molecule has 1 saturated heterocycles. The van der Waals surface area contributed by atoms with E-state index in [1.54, 1.807) is 13.0 Å². The summed E-state index contributed by atoms with van der Waals surface area (Å²) in [4.78, 5) is 6.60. The number of nitrogens with zero attached hydrogens (tertiary/aromatic N) is 2. The zero-order valence-electron chi connectivity index (χ0n) is 16.5. The SMILES string of the molecule is CCS(=O)(=O)Nc1cccc(CN2CC[C@@H](Nc3cccc4cnccc34)C2)c1. The van der Waals surface area contributed by atoms with Crippen LogP contribution in [0.4, 0.5) is 11.4 Å². The number of likely N-dealkylation sites (tertiary alicyclic amines) is 1. The molecule has 3 aromatic rings. The van der Waals surface area contributed by atoms with Gasteiger partial charge in [-0.25, -0.2) is 8.42 Å². The Balaban J connectivity index is 1.39.